The quantitative estimate of drug-likeness (QED) is 0.675. The van der Waals surface area contributed by atoms with Gasteiger partial charge < -0.3 is 9.53 Å². The number of hydrogen-bond acceptors (Lipinski definition) is 3. The highest BCUT2D eigenvalue weighted by atomic mass is 16.5. The largest absolute Gasteiger partial charge is 0.497 e. The lowest BCUT2D eigenvalue weighted by molar-refractivity contribution is -0.109. The van der Waals surface area contributed by atoms with Gasteiger partial charge in [-0.3, -0.25) is 0 Å². The van der Waals surface area contributed by atoms with Crippen LogP contribution in [0.25, 0.3) is 0 Å². The standard InChI is InChI=1S/C11H11NO2/c1-14-11-4-2-3-9(6-11)5-10(7-12)8-13/h2-4,6,8,10H,5H2,1H3. The molecule has 0 heterocycles. The molecule has 0 aliphatic rings. The van der Waals surface area contributed by atoms with Crippen molar-refractivity contribution in [3.63, 3.8) is 0 Å². The zero-order chi connectivity index (χ0) is 10.4. The summed E-state index contributed by atoms with van der Waals surface area (Å²) in [6.45, 7) is 0. The van der Waals surface area contributed by atoms with Crippen molar-refractivity contribution in [3.8, 4) is 11.8 Å². The van der Waals surface area contributed by atoms with Crippen molar-refractivity contribution in [3.05, 3.63) is 29.8 Å². The van der Waals surface area contributed by atoms with E-state index in [9.17, 15) is 4.79 Å². The summed E-state index contributed by atoms with van der Waals surface area (Å²) in [6, 6.07) is 9.29. The Labute approximate surface area is 82.9 Å². The highest BCUT2D eigenvalue weighted by molar-refractivity contribution is 5.58. The Bertz CT molecular complexity index is 355. The summed E-state index contributed by atoms with van der Waals surface area (Å²) in [5.74, 6) is 0.173. The normalized spacial score (nSPS) is 11.4. The Hall–Kier alpha value is -1.82. The molecule has 0 N–H and O–H groups in total. The minimum Gasteiger partial charge on any atom is -0.497 e. The van der Waals surface area contributed by atoms with Gasteiger partial charge in [-0.15, -0.1) is 0 Å². The number of nitrogens with zero attached hydrogens (tertiary/aromatic N) is 1. The number of carbonyl (C=O) groups excluding carboxylic acids is 1. The maximum absolute atomic E-state index is 10.4. The zero-order valence-corrected chi connectivity index (χ0v) is 7.93. The van der Waals surface area contributed by atoms with Crippen molar-refractivity contribution in [2.45, 2.75) is 6.42 Å². The Morgan fingerprint density at radius 2 is 2.43 bits per heavy atom. The first-order valence-electron chi connectivity index (χ1n) is 4.28. The molecule has 3 nitrogen and oxygen atoms in total. The average molecular weight is 189 g/mol. The molecule has 0 bridgehead atoms. The first-order valence-corrected chi connectivity index (χ1v) is 4.28. The summed E-state index contributed by atoms with van der Waals surface area (Å²) in [5, 5.41) is 8.60. The molecule has 1 aromatic rings. The van der Waals surface area contributed by atoms with Crippen molar-refractivity contribution in [1.82, 2.24) is 0 Å². The smallest absolute Gasteiger partial charge is 0.137 e. The summed E-state index contributed by atoms with van der Waals surface area (Å²) < 4.78 is 5.03. The number of ether oxygens (including phenoxy) is 1. The van der Waals surface area contributed by atoms with Gasteiger partial charge in [0.05, 0.1) is 13.2 Å². The molecule has 1 rings (SSSR count). The molecule has 0 saturated carbocycles. The van der Waals surface area contributed by atoms with Crippen LogP contribution >= 0.6 is 0 Å². The minimum absolute atomic E-state index is 0.442. The van der Waals surface area contributed by atoms with Crippen LogP contribution in [0.5, 0.6) is 5.75 Å². The van der Waals surface area contributed by atoms with Crippen LogP contribution in [0, 0.1) is 17.2 Å². The number of benzene rings is 1. The lowest BCUT2D eigenvalue weighted by atomic mass is 10.0. The molecule has 72 valence electrons. The molecule has 1 aromatic carbocycles. The van der Waals surface area contributed by atoms with Gasteiger partial charge in [-0.25, -0.2) is 0 Å². The third-order valence-electron chi connectivity index (χ3n) is 1.92. The van der Waals surface area contributed by atoms with Crippen LogP contribution in [-0.4, -0.2) is 13.4 Å². The van der Waals surface area contributed by atoms with Crippen LogP contribution < -0.4 is 4.74 Å². The van der Waals surface area contributed by atoms with Gasteiger partial charge in [0.2, 0.25) is 0 Å². The highest BCUT2D eigenvalue weighted by Crippen LogP contribution is 2.14. The maximum atomic E-state index is 10.4. The second kappa shape index (κ2) is 5.03. The summed E-state index contributed by atoms with van der Waals surface area (Å²) in [5.41, 5.74) is 0.933. The van der Waals surface area contributed by atoms with Crippen LogP contribution in [0.3, 0.4) is 0 Å². The van der Waals surface area contributed by atoms with Crippen molar-refractivity contribution in [2.24, 2.45) is 5.92 Å². The molecule has 0 saturated heterocycles. The van der Waals surface area contributed by atoms with E-state index in [2.05, 4.69) is 0 Å². The van der Waals surface area contributed by atoms with Gasteiger partial charge in [0, 0.05) is 0 Å². The molecule has 1 unspecified atom stereocenters. The second-order valence-electron chi connectivity index (χ2n) is 2.93. The predicted octanol–water partition coefficient (Wildman–Crippen LogP) is 1.58. The van der Waals surface area contributed by atoms with E-state index >= 15 is 0 Å². The lowest BCUT2D eigenvalue weighted by Gasteiger charge is -2.04. The Morgan fingerprint density at radius 3 is 3.00 bits per heavy atom. The van der Waals surface area contributed by atoms with Crippen molar-refractivity contribution in [2.75, 3.05) is 7.11 Å². The van der Waals surface area contributed by atoms with Gasteiger partial charge in [0.1, 0.15) is 18.0 Å². The molecule has 1 atom stereocenters. The summed E-state index contributed by atoms with van der Waals surface area (Å²) in [6.07, 6.45) is 1.11. The minimum atomic E-state index is -0.567. The molecule has 0 fully saturated rings. The zero-order valence-electron chi connectivity index (χ0n) is 7.93. The van der Waals surface area contributed by atoms with Crippen molar-refractivity contribution in [1.29, 1.82) is 5.26 Å². The van der Waals surface area contributed by atoms with Crippen LogP contribution in [0.4, 0.5) is 0 Å². The van der Waals surface area contributed by atoms with E-state index < -0.39 is 5.92 Å². The van der Waals surface area contributed by atoms with E-state index in [1.165, 1.54) is 0 Å². The average Bonchev–Trinajstić information content (AvgIpc) is 2.26. The second-order valence-corrected chi connectivity index (χ2v) is 2.93. The number of nitriles is 1. The topological polar surface area (TPSA) is 50.1 Å². The van der Waals surface area contributed by atoms with Crippen LogP contribution in [-0.2, 0) is 11.2 Å². The van der Waals surface area contributed by atoms with Crippen molar-refractivity contribution >= 4 is 6.29 Å². The Balaban J connectivity index is 2.76. The van der Waals surface area contributed by atoms with E-state index in [4.69, 9.17) is 10.00 Å². The number of hydrogen-bond donors (Lipinski definition) is 0. The molecule has 0 amide bonds. The lowest BCUT2D eigenvalue weighted by Crippen LogP contribution is -2.02. The number of rotatable bonds is 4. The first kappa shape index (κ1) is 10.3. The molecule has 0 radical (unpaired) electrons. The van der Waals surface area contributed by atoms with Gasteiger partial charge >= 0.3 is 0 Å². The third kappa shape index (κ3) is 2.60. The van der Waals surface area contributed by atoms with Gasteiger partial charge in [0.15, 0.2) is 0 Å². The van der Waals surface area contributed by atoms with Gasteiger partial charge in [-0.2, -0.15) is 5.26 Å². The van der Waals surface area contributed by atoms with E-state index in [1.54, 1.807) is 7.11 Å². The number of methoxy groups -OCH3 is 1. The first-order chi connectivity index (χ1) is 6.80. The van der Waals surface area contributed by atoms with E-state index in [0.29, 0.717) is 12.7 Å². The predicted molar refractivity (Wildman–Crippen MR) is 51.9 cm³/mol. The van der Waals surface area contributed by atoms with E-state index in [-0.39, 0.29) is 0 Å². The van der Waals surface area contributed by atoms with Crippen LogP contribution in [0.1, 0.15) is 5.56 Å². The SMILES string of the molecule is COc1cccc(CC(C#N)C=O)c1. The number of aldehydes is 1. The third-order valence-corrected chi connectivity index (χ3v) is 1.92. The molecule has 0 aliphatic carbocycles. The fraction of sp³-hybridized carbons (Fsp3) is 0.273. The fourth-order valence-corrected chi connectivity index (χ4v) is 1.18. The highest BCUT2D eigenvalue weighted by Gasteiger charge is 2.06. The van der Waals surface area contributed by atoms with Gasteiger partial charge in [0.25, 0.3) is 0 Å². The Morgan fingerprint density at radius 1 is 1.64 bits per heavy atom. The monoisotopic (exact) mass is 189 g/mol. The van der Waals surface area contributed by atoms with Gasteiger partial charge in [-0.05, 0) is 24.1 Å². The molecule has 0 spiro atoms. The number of carbonyl (C=O) groups is 1. The van der Waals surface area contributed by atoms with Crippen LogP contribution in [0.2, 0.25) is 0 Å². The van der Waals surface area contributed by atoms with E-state index in [0.717, 1.165) is 11.3 Å². The molecule has 14 heavy (non-hydrogen) atoms. The molecular weight excluding hydrogens is 178 g/mol. The maximum Gasteiger partial charge on any atom is 0.137 e. The summed E-state index contributed by atoms with van der Waals surface area (Å²) >= 11 is 0. The van der Waals surface area contributed by atoms with E-state index in [1.807, 2.05) is 30.3 Å². The summed E-state index contributed by atoms with van der Waals surface area (Å²) in [4.78, 5) is 10.4. The molecule has 0 aromatic heterocycles. The fourth-order valence-electron chi connectivity index (χ4n) is 1.18. The molecular formula is C11H11NO2. The van der Waals surface area contributed by atoms with Gasteiger partial charge in [-0.1, -0.05) is 12.1 Å². The van der Waals surface area contributed by atoms with Crippen LogP contribution in [0.15, 0.2) is 24.3 Å². The Kier molecular flexibility index (Phi) is 3.69. The van der Waals surface area contributed by atoms with Crippen molar-refractivity contribution < 1.29 is 9.53 Å². The summed E-state index contributed by atoms with van der Waals surface area (Å²) in [7, 11) is 1.58. The molecule has 3 heteroatoms. The molecule has 0 aliphatic heterocycles.